The third-order valence-corrected chi connectivity index (χ3v) is 3.76. The van der Waals surface area contributed by atoms with E-state index in [4.69, 9.17) is 16.0 Å². The van der Waals surface area contributed by atoms with Crippen LogP contribution in [0.3, 0.4) is 0 Å². The predicted octanol–water partition coefficient (Wildman–Crippen LogP) is 3.62. The highest BCUT2D eigenvalue weighted by molar-refractivity contribution is 6.21. The molecule has 1 unspecified atom stereocenters. The Labute approximate surface area is 114 Å². The molecule has 0 fully saturated rings. The normalized spacial score (nSPS) is 12.7. The molecule has 1 aromatic heterocycles. The highest BCUT2D eigenvalue weighted by Crippen LogP contribution is 2.18. The van der Waals surface area contributed by atoms with E-state index in [2.05, 4.69) is 19.2 Å². The largest absolute Gasteiger partial charge is 0.456 e. The Bertz CT molecular complexity index is 372. The Hall–Kier alpha value is -0.960. The molecule has 0 saturated heterocycles. The Morgan fingerprint density at radius 1 is 1.33 bits per heavy atom. The lowest BCUT2D eigenvalue weighted by molar-refractivity contribution is 0.0922. The van der Waals surface area contributed by atoms with Gasteiger partial charge >= 0.3 is 0 Å². The summed E-state index contributed by atoms with van der Waals surface area (Å²) in [4.78, 5) is 11.8. The number of alkyl halides is 1. The van der Waals surface area contributed by atoms with Crippen LogP contribution in [0.2, 0.25) is 0 Å². The zero-order valence-corrected chi connectivity index (χ0v) is 12.1. The van der Waals surface area contributed by atoms with Gasteiger partial charge in [0.05, 0.1) is 5.38 Å². The molecule has 0 aliphatic heterocycles. The van der Waals surface area contributed by atoms with Crippen molar-refractivity contribution in [3.8, 4) is 0 Å². The van der Waals surface area contributed by atoms with Crippen molar-refractivity contribution in [3.63, 3.8) is 0 Å². The Balaban J connectivity index is 2.45. The molecule has 0 radical (unpaired) electrons. The molecule has 4 heteroatoms. The van der Waals surface area contributed by atoms with Crippen LogP contribution in [0, 0.1) is 5.92 Å². The van der Waals surface area contributed by atoms with Crippen LogP contribution in [0.1, 0.15) is 49.9 Å². The highest BCUT2D eigenvalue weighted by atomic mass is 35.5. The SMILES string of the molecule is CCc1ccc(C(=O)NCC(Cl)C(CC)CC)o1. The number of halogens is 1. The second-order valence-electron chi connectivity index (χ2n) is 4.42. The van der Waals surface area contributed by atoms with E-state index in [1.165, 1.54) is 0 Å². The van der Waals surface area contributed by atoms with Crippen molar-refractivity contribution in [2.45, 2.75) is 45.4 Å². The molecule has 1 atom stereocenters. The predicted molar refractivity (Wildman–Crippen MR) is 74.1 cm³/mol. The number of hydrogen-bond acceptors (Lipinski definition) is 2. The molecule has 1 rings (SSSR count). The van der Waals surface area contributed by atoms with Crippen LogP contribution in [0.15, 0.2) is 16.5 Å². The van der Waals surface area contributed by atoms with E-state index in [0.717, 1.165) is 25.0 Å². The summed E-state index contributed by atoms with van der Waals surface area (Å²) in [7, 11) is 0. The third kappa shape index (κ3) is 4.05. The van der Waals surface area contributed by atoms with Crippen molar-refractivity contribution in [1.82, 2.24) is 5.32 Å². The van der Waals surface area contributed by atoms with Gasteiger partial charge in [0.15, 0.2) is 5.76 Å². The van der Waals surface area contributed by atoms with Gasteiger partial charge in [0.2, 0.25) is 0 Å². The van der Waals surface area contributed by atoms with Crippen LogP contribution in [0.5, 0.6) is 0 Å². The number of amides is 1. The first kappa shape index (κ1) is 15.1. The zero-order valence-electron chi connectivity index (χ0n) is 11.3. The van der Waals surface area contributed by atoms with Gasteiger partial charge < -0.3 is 9.73 Å². The summed E-state index contributed by atoms with van der Waals surface area (Å²) in [6, 6.07) is 3.53. The number of nitrogens with one attached hydrogen (secondary N) is 1. The molecule has 0 aliphatic carbocycles. The Kier molecular flexibility index (Phi) is 6.27. The molecule has 0 bridgehead atoms. The molecule has 102 valence electrons. The maximum Gasteiger partial charge on any atom is 0.287 e. The number of rotatable bonds is 7. The molecule has 1 amide bonds. The average Bonchev–Trinajstić information content (AvgIpc) is 2.86. The minimum atomic E-state index is -0.189. The van der Waals surface area contributed by atoms with Crippen molar-refractivity contribution in [2.24, 2.45) is 5.92 Å². The van der Waals surface area contributed by atoms with Crippen molar-refractivity contribution >= 4 is 17.5 Å². The van der Waals surface area contributed by atoms with E-state index in [0.29, 0.717) is 18.2 Å². The van der Waals surface area contributed by atoms with Gasteiger partial charge in [-0.05, 0) is 18.1 Å². The summed E-state index contributed by atoms with van der Waals surface area (Å²) in [6.07, 6.45) is 2.85. The molecule has 1 aromatic rings. The molecule has 3 nitrogen and oxygen atoms in total. The van der Waals surface area contributed by atoms with Gasteiger partial charge in [-0.3, -0.25) is 4.79 Å². The van der Waals surface area contributed by atoms with Crippen LogP contribution in [0.4, 0.5) is 0 Å². The van der Waals surface area contributed by atoms with Crippen LogP contribution < -0.4 is 5.32 Å². The summed E-state index contributed by atoms with van der Waals surface area (Å²) < 4.78 is 5.38. The molecule has 0 aromatic carbocycles. The van der Waals surface area contributed by atoms with E-state index >= 15 is 0 Å². The lowest BCUT2D eigenvalue weighted by Crippen LogP contribution is -2.33. The minimum absolute atomic E-state index is 0.0236. The Morgan fingerprint density at radius 2 is 2.00 bits per heavy atom. The van der Waals surface area contributed by atoms with Crippen LogP contribution >= 0.6 is 11.6 Å². The summed E-state index contributed by atoms with van der Waals surface area (Å²) in [5.41, 5.74) is 0. The van der Waals surface area contributed by atoms with Crippen molar-refractivity contribution in [1.29, 1.82) is 0 Å². The van der Waals surface area contributed by atoms with E-state index in [9.17, 15) is 4.79 Å². The first-order valence-electron chi connectivity index (χ1n) is 6.63. The second-order valence-corrected chi connectivity index (χ2v) is 4.98. The molecule has 1 N–H and O–H groups in total. The fourth-order valence-corrected chi connectivity index (χ4v) is 2.37. The number of hydrogen-bond donors (Lipinski definition) is 1. The molecular formula is C14H22ClNO2. The zero-order chi connectivity index (χ0) is 13.5. The molecular weight excluding hydrogens is 250 g/mol. The maximum atomic E-state index is 11.8. The van der Waals surface area contributed by atoms with Crippen molar-refractivity contribution in [3.05, 3.63) is 23.7 Å². The summed E-state index contributed by atoms with van der Waals surface area (Å²) in [6.45, 7) is 6.70. The van der Waals surface area contributed by atoms with E-state index in [-0.39, 0.29) is 11.3 Å². The van der Waals surface area contributed by atoms with Gasteiger partial charge in [0, 0.05) is 13.0 Å². The summed E-state index contributed by atoms with van der Waals surface area (Å²) in [5.74, 6) is 1.43. The summed E-state index contributed by atoms with van der Waals surface area (Å²) >= 11 is 6.27. The fraction of sp³-hybridized carbons (Fsp3) is 0.643. The second kappa shape index (κ2) is 7.47. The number of carbonyl (C=O) groups is 1. The van der Waals surface area contributed by atoms with E-state index in [1.807, 2.05) is 13.0 Å². The van der Waals surface area contributed by atoms with E-state index < -0.39 is 0 Å². The first-order valence-corrected chi connectivity index (χ1v) is 7.06. The number of furan rings is 1. The lowest BCUT2D eigenvalue weighted by Gasteiger charge is -2.19. The van der Waals surface area contributed by atoms with E-state index in [1.54, 1.807) is 6.07 Å². The van der Waals surface area contributed by atoms with Gasteiger partial charge in [-0.25, -0.2) is 0 Å². The molecule has 1 heterocycles. The number of carbonyl (C=O) groups excluding carboxylic acids is 1. The van der Waals surface area contributed by atoms with Gasteiger partial charge in [-0.1, -0.05) is 33.6 Å². The highest BCUT2D eigenvalue weighted by Gasteiger charge is 2.18. The molecule has 18 heavy (non-hydrogen) atoms. The number of aryl methyl sites for hydroxylation is 1. The third-order valence-electron chi connectivity index (χ3n) is 3.25. The van der Waals surface area contributed by atoms with Crippen LogP contribution in [-0.4, -0.2) is 17.8 Å². The topological polar surface area (TPSA) is 42.2 Å². The minimum Gasteiger partial charge on any atom is -0.456 e. The quantitative estimate of drug-likeness (QED) is 0.770. The van der Waals surface area contributed by atoms with Crippen molar-refractivity contribution < 1.29 is 9.21 Å². The smallest absolute Gasteiger partial charge is 0.287 e. The first-order chi connectivity index (χ1) is 8.62. The van der Waals surface area contributed by atoms with Gasteiger partial charge in [-0.2, -0.15) is 0 Å². The van der Waals surface area contributed by atoms with Crippen LogP contribution in [0.25, 0.3) is 0 Å². The molecule has 0 aliphatic rings. The molecule has 0 saturated carbocycles. The van der Waals surface area contributed by atoms with Gasteiger partial charge in [-0.15, -0.1) is 11.6 Å². The lowest BCUT2D eigenvalue weighted by atomic mass is 9.99. The van der Waals surface area contributed by atoms with Crippen LogP contribution in [-0.2, 0) is 6.42 Å². The van der Waals surface area contributed by atoms with Crippen molar-refractivity contribution in [2.75, 3.05) is 6.54 Å². The standard InChI is InChI=1S/C14H22ClNO2/c1-4-10(5-2)12(15)9-16-14(17)13-8-7-11(6-3)18-13/h7-8,10,12H,4-6,9H2,1-3H3,(H,16,17). The van der Waals surface area contributed by atoms with Gasteiger partial charge in [0.1, 0.15) is 5.76 Å². The summed E-state index contributed by atoms with van der Waals surface area (Å²) in [5, 5.41) is 2.80. The average molecular weight is 272 g/mol. The van der Waals surface area contributed by atoms with Gasteiger partial charge in [0.25, 0.3) is 5.91 Å². The Morgan fingerprint density at radius 3 is 2.50 bits per heavy atom. The maximum absolute atomic E-state index is 11.8. The fourth-order valence-electron chi connectivity index (χ4n) is 1.93. The monoisotopic (exact) mass is 271 g/mol. The molecule has 0 spiro atoms.